The molecule has 0 fully saturated rings. The van der Waals surface area contributed by atoms with E-state index in [-0.39, 0.29) is 0 Å². The fourth-order valence-electron chi connectivity index (χ4n) is 2.46. The van der Waals surface area contributed by atoms with Gasteiger partial charge in [0.2, 0.25) is 0 Å². The molecular weight excluding hydrogens is 305 g/mol. The fraction of sp³-hybridized carbons (Fsp3) is 0.500. The van der Waals surface area contributed by atoms with E-state index in [0.717, 1.165) is 43.9 Å². The number of carboxylic acids is 1. The second kappa shape index (κ2) is 8.75. The lowest BCUT2D eigenvalue weighted by molar-refractivity contribution is -0.137. The summed E-state index contributed by atoms with van der Waals surface area (Å²) >= 11 is 0. The van der Waals surface area contributed by atoms with Crippen molar-refractivity contribution in [3.8, 4) is 0 Å². The standard InChI is InChI=1S/C18H23F3O2/c1-3-5-7-13-11-15(18(19,20)21)12-14(8-6-4-2)16(13)9-10-17(22)23/h9-12H,3-8H2,1-2H3,(H,22,23). The van der Waals surface area contributed by atoms with Gasteiger partial charge in [0.15, 0.2) is 0 Å². The molecule has 1 aromatic carbocycles. The molecule has 0 saturated carbocycles. The Bertz CT molecular complexity index is 531. The van der Waals surface area contributed by atoms with Crippen LogP contribution in [0.4, 0.5) is 13.2 Å². The van der Waals surface area contributed by atoms with E-state index in [1.165, 1.54) is 6.08 Å². The average Bonchev–Trinajstić information content (AvgIpc) is 2.47. The van der Waals surface area contributed by atoms with Gasteiger partial charge in [-0.1, -0.05) is 26.7 Å². The highest BCUT2D eigenvalue weighted by molar-refractivity contribution is 5.86. The summed E-state index contributed by atoms with van der Waals surface area (Å²) in [5, 5.41) is 8.83. The minimum Gasteiger partial charge on any atom is -0.478 e. The van der Waals surface area contributed by atoms with E-state index in [0.29, 0.717) is 29.5 Å². The Morgan fingerprint density at radius 1 is 1.09 bits per heavy atom. The van der Waals surface area contributed by atoms with Crippen LogP contribution in [0.25, 0.3) is 6.08 Å². The van der Waals surface area contributed by atoms with E-state index in [4.69, 9.17) is 5.11 Å². The van der Waals surface area contributed by atoms with Crippen LogP contribution >= 0.6 is 0 Å². The number of unbranched alkanes of at least 4 members (excludes halogenated alkanes) is 2. The SMILES string of the molecule is CCCCc1cc(C(F)(F)F)cc(CCCC)c1C=CC(=O)O. The summed E-state index contributed by atoms with van der Waals surface area (Å²) in [5.74, 6) is -1.10. The van der Waals surface area contributed by atoms with Crippen LogP contribution in [-0.2, 0) is 23.8 Å². The Hall–Kier alpha value is -1.78. The maximum absolute atomic E-state index is 13.1. The van der Waals surface area contributed by atoms with Crippen molar-refractivity contribution in [2.75, 3.05) is 0 Å². The molecule has 23 heavy (non-hydrogen) atoms. The Kier molecular flexibility index (Phi) is 7.33. The van der Waals surface area contributed by atoms with Gasteiger partial charge in [-0.3, -0.25) is 0 Å². The molecule has 1 rings (SSSR count). The van der Waals surface area contributed by atoms with E-state index in [9.17, 15) is 18.0 Å². The maximum atomic E-state index is 13.1. The number of rotatable bonds is 8. The molecule has 0 bridgehead atoms. The van der Waals surface area contributed by atoms with Crippen molar-refractivity contribution in [3.63, 3.8) is 0 Å². The molecule has 1 aromatic rings. The third-order valence-electron chi connectivity index (χ3n) is 3.67. The number of benzene rings is 1. The Balaban J connectivity index is 3.41. The van der Waals surface area contributed by atoms with Gasteiger partial charge in [-0.05, 0) is 60.6 Å². The normalized spacial score (nSPS) is 12.0. The van der Waals surface area contributed by atoms with Crippen molar-refractivity contribution in [1.29, 1.82) is 0 Å². The van der Waals surface area contributed by atoms with Crippen molar-refractivity contribution in [2.45, 2.75) is 58.5 Å². The number of alkyl halides is 3. The van der Waals surface area contributed by atoms with Gasteiger partial charge in [-0.15, -0.1) is 0 Å². The highest BCUT2D eigenvalue weighted by atomic mass is 19.4. The van der Waals surface area contributed by atoms with Crippen LogP contribution in [-0.4, -0.2) is 11.1 Å². The first-order chi connectivity index (χ1) is 10.8. The third kappa shape index (κ3) is 6.08. The smallest absolute Gasteiger partial charge is 0.416 e. The van der Waals surface area contributed by atoms with E-state index in [2.05, 4.69) is 0 Å². The van der Waals surface area contributed by atoms with Gasteiger partial charge in [-0.25, -0.2) is 4.79 Å². The summed E-state index contributed by atoms with van der Waals surface area (Å²) in [7, 11) is 0. The van der Waals surface area contributed by atoms with E-state index in [1.807, 2.05) is 13.8 Å². The number of carboxylic acid groups (broad SMARTS) is 1. The molecule has 0 unspecified atom stereocenters. The summed E-state index contributed by atoms with van der Waals surface area (Å²) in [6.45, 7) is 3.94. The van der Waals surface area contributed by atoms with E-state index < -0.39 is 17.7 Å². The molecule has 128 valence electrons. The van der Waals surface area contributed by atoms with Gasteiger partial charge in [0.1, 0.15) is 0 Å². The van der Waals surface area contributed by atoms with Crippen LogP contribution in [0, 0.1) is 0 Å². The van der Waals surface area contributed by atoms with Crippen LogP contribution in [0.2, 0.25) is 0 Å². The summed E-state index contributed by atoms with van der Waals surface area (Å²) in [6, 6.07) is 2.32. The lowest BCUT2D eigenvalue weighted by Gasteiger charge is -2.16. The molecule has 0 aliphatic carbocycles. The molecule has 0 aliphatic heterocycles. The number of hydrogen-bond acceptors (Lipinski definition) is 1. The van der Waals surface area contributed by atoms with E-state index in [1.54, 1.807) is 0 Å². The number of halogens is 3. The molecule has 0 aliphatic rings. The summed E-state index contributed by atoms with van der Waals surface area (Å²) in [4.78, 5) is 10.8. The predicted octanol–water partition coefficient (Wildman–Crippen LogP) is 5.49. The van der Waals surface area contributed by atoms with Crippen molar-refractivity contribution in [1.82, 2.24) is 0 Å². The minimum absolute atomic E-state index is 0.513. The Labute approximate surface area is 135 Å². The predicted molar refractivity (Wildman–Crippen MR) is 85.3 cm³/mol. The second-order valence-electron chi connectivity index (χ2n) is 5.58. The first-order valence-electron chi connectivity index (χ1n) is 7.93. The monoisotopic (exact) mass is 328 g/mol. The zero-order valence-corrected chi connectivity index (χ0v) is 13.5. The zero-order valence-electron chi connectivity index (χ0n) is 13.5. The van der Waals surface area contributed by atoms with Crippen molar-refractivity contribution < 1.29 is 23.1 Å². The van der Waals surface area contributed by atoms with Crippen LogP contribution in [0.3, 0.4) is 0 Å². The first kappa shape index (κ1) is 19.3. The molecule has 1 N–H and O–H groups in total. The summed E-state index contributed by atoms with van der Waals surface area (Å²) in [6.07, 6.45) is 2.32. The van der Waals surface area contributed by atoms with Crippen LogP contribution in [0.1, 0.15) is 61.8 Å². The molecule has 0 heterocycles. The van der Waals surface area contributed by atoms with Crippen LogP contribution < -0.4 is 0 Å². The number of aryl methyl sites for hydroxylation is 2. The van der Waals surface area contributed by atoms with Crippen LogP contribution in [0.5, 0.6) is 0 Å². The van der Waals surface area contributed by atoms with Gasteiger partial charge in [-0.2, -0.15) is 13.2 Å². The first-order valence-corrected chi connectivity index (χ1v) is 7.93. The molecule has 0 spiro atoms. The highest BCUT2D eigenvalue weighted by Crippen LogP contribution is 2.34. The topological polar surface area (TPSA) is 37.3 Å². The molecule has 0 saturated heterocycles. The van der Waals surface area contributed by atoms with Crippen molar-refractivity contribution >= 4 is 12.0 Å². The zero-order chi connectivity index (χ0) is 17.5. The van der Waals surface area contributed by atoms with Gasteiger partial charge in [0.25, 0.3) is 0 Å². The maximum Gasteiger partial charge on any atom is 0.416 e. The summed E-state index contributed by atoms with van der Waals surface area (Å²) < 4.78 is 39.4. The third-order valence-corrected chi connectivity index (χ3v) is 3.67. The molecule has 5 heteroatoms. The van der Waals surface area contributed by atoms with Crippen LogP contribution in [0.15, 0.2) is 18.2 Å². The lowest BCUT2D eigenvalue weighted by Crippen LogP contribution is -2.09. The van der Waals surface area contributed by atoms with Gasteiger partial charge < -0.3 is 5.11 Å². The highest BCUT2D eigenvalue weighted by Gasteiger charge is 2.31. The van der Waals surface area contributed by atoms with Crippen molar-refractivity contribution in [2.24, 2.45) is 0 Å². The van der Waals surface area contributed by atoms with Gasteiger partial charge >= 0.3 is 12.1 Å². The molecular formula is C18H23F3O2. The molecule has 2 nitrogen and oxygen atoms in total. The Morgan fingerprint density at radius 3 is 1.91 bits per heavy atom. The molecule has 0 radical (unpaired) electrons. The Morgan fingerprint density at radius 2 is 1.57 bits per heavy atom. The number of aliphatic carboxylic acids is 1. The lowest BCUT2D eigenvalue weighted by atomic mass is 9.91. The second-order valence-corrected chi connectivity index (χ2v) is 5.58. The number of hydrogen-bond donors (Lipinski definition) is 1. The largest absolute Gasteiger partial charge is 0.478 e. The van der Waals surface area contributed by atoms with Gasteiger partial charge in [0.05, 0.1) is 5.56 Å². The molecule has 0 atom stereocenters. The minimum atomic E-state index is -4.39. The fourth-order valence-corrected chi connectivity index (χ4v) is 2.46. The number of carbonyl (C=O) groups is 1. The van der Waals surface area contributed by atoms with Crippen molar-refractivity contribution in [3.05, 3.63) is 40.5 Å². The van der Waals surface area contributed by atoms with Gasteiger partial charge in [0, 0.05) is 6.08 Å². The molecule has 0 amide bonds. The average molecular weight is 328 g/mol. The molecule has 0 aromatic heterocycles. The summed E-state index contributed by atoms with van der Waals surface area (Å²) in [5.41, 5.74) is 1.13. The van der Waals surface area contributed by atoms with E-state index >= 15 is 0 Å². The quantitative estimate of drug-likeness (QED) is 0.641.